The van der Waals surface area contributed by atoms with E-state index in [1.807, 2.05) is 26.8 Å². The van der Waals surface area contributed by atoms with Crippen LogP contribution in [-0.2, 0) is 24.4 Å². The molecular formula is C32H41ClN4O7S. The van der Waals surface area contributed by atoms with E-state index in [2.05, 4.69) is 21.9 Å². The predicted octanol–water partition coefficient (Wildman–Crippen LogP) is 3.15. The molecule has 0 aromatic heterocycles. The van der Waals surface area contributed by atoms with Gasteiger partial charge in [-0.25, -0.2) is 8.42 Å². The van der Waals surface area contributed by atoms with Crippen LogP contribution in [-0.4, -0.2) is 80.7 Å². The molecule has 3 amide bonds. The number of nitrogens with one attached hydrogen (secondary N) is 3. The van der Waals surface area contributed by atoms with E-state index >= 15 is 0 Å². The first-order valence-electron chi connectivity index (χ1n) is 15.1. The second-order valence-electron chi connectivity index (χ2n) is 13.2. The highest BCUT2D eigenvalue weighted by molar-refractivity contribution is 7.91. The number of rotatable bonds is 11. The summed E-state index contributed by atoms with van der Waals surface area (Å²) < 4.78 is 39.3. The van der Waals surface area contributed by atoms with Crippen LogP contribution in [0.5, 0.6) is 11.5 Å². The average molecular weight is 661 g/mol. The van der Waals surface area contributed by atoms with Gasteiger partial charge in [-0.1, -0.05) is 38.4 Å². The topological polar surface area (TPSA) is 143 Å². The van der Waals surface area contributed by atoms with Crippen LogP contribution in [0.4, 0.5) is 0 Å². The van der Waals surface area contributed by atoms with Gasteiger partial charge in [-0.3, -0.25) is 19.1 Å². The van der Waals surface area contributed by atoms with E-state index < -0.39 is 62.1 Å². The molecule has 0 radical (unpaired) electrons. The normalized spacial score (nSPS) is 25.4. The Morgan fingerprint density at radius 3 is 2.40 bits per heavy atom. The van der Waals surface area contributed by atoms with Gasteiger partial charge in [0.15, 0.2) is 0 Å². The molecule has 2 saturated carbocycles. The molecule has 45 heavy (non-hydrogen) atoms. The van der Waals surface area contributed by atoms with Crippen LogP contribution in [0.15, 0.2) is 43.0 Å². The first-order valence-corrected chi connectivity index (χ1v) is 17.0. The van der Waals surface area contributed by atoms with Crippen molar-refractivity contribution in [2.45, 2.75) is 75.4 Å². The van der Waals surface area contributed by atoms with Crippen LogP contribution in [0.2, 0.25) is 5.02 Å². The average Bonchev–Trinajstić information content (AvgIpc) is 3.89. The summed E-state index contributed by atoms with van der Waals surface area (Å²) in [5.41, 5.74) is -1.94. The van der Waals surface area contributed by atoms with Gasteiger partial charge in [-0.05, 0) is 62.1 Å². The number of hydrogen-bond donors (Lipinski definition) is 3. The summed E-state index contributed by atoms with van der Waals surface area (Å²) >= 11 is 6.32. The summed E-state index contributed by atoms with van der Waals surface area (Å²) in [6, 6.07) is 7.32. The molecule has 0 bridgehead atoms. The van der Waals surface area contributed by atoms with Crippen molar-refractivity contribution in [1.82, 2.24) is 20.3 Å². The number of benzene rings is 2. The highest BCUT2D eigenvalue weighted by Gasteiger charge is 2.62. The summed E-state index contributed by atoms with van der Waals surface area (Å²) in [5, 5.41) is 7.32. The first-order chi connectivity index (χ1) is 21.1. The minimum absolute atomic E-state index is 0.111. The lowest BCUT2D eigenvalue weighted by Gasteiger charge is -2.35. The van der Waals surface area contributed by atoms with Crippen LogP contribution in [0.25, 0.3) is 10.8 Å². The summed E-state index contributed by atoms with van der Waals surface area (Å²) in [6.07, 6.45) is 2.28. The van der Waals surface area contributed by atoms with E-state index in [1.165, 1.54) is 11.0 Å². The molecule has 1 heterocycles. The fourth-order valence-electron chi connectivity index (χ4n) is 6.21. The molecule has 1 saturated heterocycles. The van der Waals surface area contributed by atoms with Crippen LogP contribution >= 0.6 is 11.6 Å². The zero-order valence-electron chi connectivity index (χ0n) is 26.2. The number of ether oxygens (including phenoxy) is 2. The van der Waals surface area contributed by atoms with E-state index in [-0.39, 0.29) is 25.3 Å². The van der Waals surface area contributed by atoms with Gasteiger partial charge in [-0.15, -0.1) is 6.58 Å². The first kappa shape index (κ1) is 33.0. The molecule has 0 spiro atoms. The van der Waals surface area contributed by atoms with Gasteiger partial charge in [0.25, 0.3) is 5.91 Å². The second-order valence-corrected chi connectivity index (χ2v) is 15.6. The molecule has 2 aromatic carbocycles. The zero-order chi connectivity index (χ0) is 32.9. The van der Waals surface area contributed by atoms with Crippen molar-refractivity contribution in [3.8, 4) is 11.5 Å². The summed E-state index contributed by atoms with van der Waals surface area (Å²) in [5.74, 6) is -0.939. The quantitative estimate of drug-likeness (QED) is 0.312. The Kier molecular flexibility index (Phi) is 8.89. The van der Waals surface area contributed by atoms with Crippen molar-refractivity contribution in [2.24, 2.45) is 11.3 Å². The monoisotopic (exact) mass is 660 g/mol. The van der Waals surface area contributed by atoms with Crippen molar-refractivity contribution in [3.05, 3.63) is 48.0 Å². The standard InChI is InChI=1S/C32H41ClN4O7S/c1-7-18-16-32(18,30(40)36-45(41,42)21-9-10-21)35-28(38)24-15-20(17-37(24)29(39)27(34-5)31(2,3)4)44-26-13-12-25(43-6)22-11-8-19(33)14-23(22)26/h7-8,11-14,18,20-21,24,27,34H,1,9-10,15-17H2,2-6H3,(H,35,38)(H,36,40)/t18?,20-,24+,27?,32-/m1/s1. The van der Waals surface area contributed by atoms with Gasteiger partial charge >= 0.3 is 0 Å². The van der Waals surface area contributed by atoms with Crippen LogP contribution < -0.4 is 24.8 Å². The smallest absolute Gasteiger partial charge is 0.259 e. The maximum Gasteiger partial charge on any atom is 0.259 e. The number of carbonyl (C=O) groups excluding carboxylic acids is 3. The van der Waals surface area contributed by atoms with Gasteiger partial charge in [0, 0.05) is 28.1 Å². The summed E-state index contributed by atoms with van der Waals surface area (Å²) in [4.78, 5) is 42.8. The number of fused-ring (bicyclic) bond motifs is 1. The molecule has 11 nitrogen and oxygen atoms in total. The molecule has 2 aromatic rings. The molecule has 3 aliphatic rings. The number of sulfonamides is 1. The van der Waals surface area contributed by atoms with Crippen LogP contribution in [0.3, 0.4) is 0 Å². The third-order valence-electron chi connectivity index (χ3n) is 8.91. The minimum Gasteiger partial charge on any atom is -0.496 e. The highest BCUT2D eigenvalue weighted by atomic mass is 35.5. The van der Waals surface area contributed by atoms with Gasteiger partial charge in [0.05, 0.1) is 24.9 Å². The molecule has 2 unspecified atom stereocenters. The summed E-state index contributed by atoms with van der Waals surface area (Å²) in [6.45, 7) is 9.66. The lowest BCUT2D eigenvalue weighted by atomic mass is 9.86. The molecule has 13 heteroatoms. The Hall–Kier alpha value is -3.35. The number of halogens is 1. The third kappa shape index (κ3) is 6.50. The largest absolute Gasteiger partial charge is 0.496 e. The third-order valence-corrected chi connectivity index (χ3v) is 11.0. The second kappa shape index (κ2) is 12.1. The van der Waals surface area contributed by atoms with E-state index in [0.29, 0.717) is 29.4 Å². The fraction of sp³-hybridized carbons (Fsp3) is 0.531. The van der Waals surface area contributed by atoms with E-state index in [9.17, 15) is 22.8 Å². The molecule has 2 aliphatic carbocycles. The molecule has 244 valence electrons. The van der Waals surface area contributed by atoms with E-state index in [0.717, 1.165) is 10.8 Å². The van der Waals surface area contributed by atoms with Crippen molar-refractivity contribution < 1.29 is 32.3 Å². The number of hydrogen-bond acceptors (Lipinski definition) is 8. The molecule has 3 fully saturated rings. The highest BCUT2D eigenvalue weighted by Crippen LogP contribution is 2.46. The molecule has 5 atom stereocenters. The van der Waals surface area contributed by atoms with Gasteiger partial charge in [-0.2, -0.15) is 0 Å². The van der Waals surface area contributed by atoms with Crippen LogP contribution in [0.1, 0.15) is 46.5 Å². The molecule has 3 N–H and O–H groups in total. The lowest BCUT2D eigenvalue weighted by Crippen LogP contribution is -2.59. The molecule has 1 aliphatic heterocycles. The Morgan fingerprint density at radius 1 is 1.13 bits per heavy atom. The molecule has 5 rings (SSSR count). The zero-order valence-corrected chi connectivity index (χ0v) is 27.8. The Labute approximate surface area is 269 Å². The van der Waals surface area contributed by atoms with Crippen molar-refractivity contribution >= 4 is 50.1 Å². The Morgan fingerprint density at radius 2 is 1.82 bits per heavy atom. The minimum atomic E-state index is -3.84. The number of carbonyl (C=O) groups is 3. The number of amides is 3. The van der Waals surface area contributed by atoms with Gasteiger partial charge in [0.1, 0.15) is 29.2 Å². The van der Waals surface area contributed by atoms with Gasteiger partial charge in [0.2, 0.25) is 21.8 Å². The van der Waals surface area contributed by atoms with Crippen molar-refractivity contribution in [2.75, 3.05) is 20.7 Å². The maximum atomic E-state index is 14.0. The number of nitrogens with zero attached hydrogens (tertiary/aromatic N) is 1. The van der Waals surface area contributed by atoms with Crippen molar-refractivity contribution in [1.29, 1.82) is 0 Å². The lowest BCUT2D eigenvalue weighted by molar-refractivity contribution is -0.142. The predicted molar refractivity (Wildman–Crippen MR) is 172 cm³/mol. The van der Waals surface area contributed by atoms with Crippen molar-refractivity contribution in [3.63, 3.8) is 0 Å². The van der Waals surface area contributed by atoms with Gasteiger partial charge < -0.3 is 25.0 Å². The maximum absolute atomic E-state index is 14.0. The van der Waals surface area contributed by atoms with E-state index in [4.69, 9.17) is 21.1 Å². The molecular weight excluding hydrogens is 620 g/mol. The Balaban J connectivity index is 1.43. The number of likely N-dealkylation sites (N-methyl/N-ethyl adjacent to an activating group) is 1. The Bertz CT molecular complexity index is 1640. The summed E-state index contributed by atoms with van der Waals surface area (Å²) in [7, 11) is -0.568. The SMILES string of the molecule is C=CC1C[C@]1(NC(=O)[C@@H]1C[C@@H](Oc2ccc(OC)c3ccc(Cl)cc23)CN1C(=O)C(NC)C(C)(C)C)C(=O)NS(=O)(=O)C1CC1. The van der Waals surface area contributed by atoms with E-state index in [1.54, 1.807) is 38.4 Å². The number of methoxy groups -OCH3 is 1. The fourth-order valence-corrected chi connectivity index (χ4v) is 7.75. The van der Waals surface area contributed by atoms with Crippen LogP contribution in [0, 0.1) is 11.3 Å². The number of likely N-dealkylation sites (tertiary alicyclic amines) is 1.